The van der Waals surface area contributed by atoms with Crippen LogP contribution in [0.3, 0.4) is 0 Å². The maximum atomic E-state index is 14.6. The molecule has 2 aromatic carbocycles. The molecule has 9 nitrogen and oxygen atoms in total. The van der Waals surface area contributed by atoms with E-state index >= 15 is 0 Å². The van der Waals surface area contributed by atoms with Crippen LogP contribution in [0.5, 0.6) is 11.5 Å². The number of benzene rings is 2. The zero-order valence-electron chi connectivity index (χ0n) is 19.1. The average molecular weight is 475 g/mol. The predicted octanol–water partition coefficient (Wildman–Crippen LogP) is 4.33. The SMILES string of the molecule is CCOc1cc(-c2cc(NCCn3c(C#N)cc4c(OC)ccc(F)c43)ncn2)ccc1C(=O)O. The standard InChI is InChI=1S/C25H22FN5O4/c1-3-35-22-10-15(4-5-17(22)25(32)33)20-12-23(30-14-29-20)28-8-9-31-16(13-27)11-18-21(34-2)7-6-19(26)24(18)31/h4-7,10-12,14H,3,8-9H2,1-2H3,(H,32,33)(H,28,29,30). The highest BCUT2D eigenvalue weighted by molar-refractivity contribution is 5.92. The van der Waals surface area contributed by atoms with Gasteiger partial charge in [-0.15, -0.1) is 0 Å². The van der Waals surface area contributed by atoms with E-state index in [9.17, 15) is 19.6 Å². The molecule has 0 atom stereocenters. The van der Waals surface area contributed by atoms with E-state index in [2.05, 4.69) is 21.4 Å². The summed E-state index contributed by atoms with van der Waals surface area (Å²) in [7, 11) is 1.50. The third-order valence-corrected chi connectivity index (χ3v) is 5.42. The van der Waals surface area contributed by atoms with Crippen molar-refractivity contribution >= 4 is 22.7 Å². The Morgan fingerprint density at radius 3 is 2.74 bits per heavy atom. The number of nitrogens with one attached hydrogen (secondary N) is 1. The van der Waals surface area contributed by atoms with Gasteiger partial charge in [-0.1, -0.05) is 6.07 Å². The van der Waals surface area contributed by atoms with Crippen molar-refractivity contribution in [2.24, 2.45) is 0 Å². The van der Waals surface area contributed by atoms with E-state index in [1.165, 1.54) is 31.6 Å². The van der Waals surface area contributed by atoms with E-state index in [-0.39, 0.29) is 11.3 Å². The molecule has 4 rings (SSSR count). The van der Waals surface area contributed by atoms with Gasteiger partial charge >= 0.3 is 5.97 Å². The molecule has 0 spiro atoms. The third-order valence-electron chi connectivity index (χ3n) is 5.42. The van der Waals surface area contributed by atoms with E-state index in [1.54, 1.807) is 35.8 Å². The summed E-state index contributed by atoms with van der Waals surface area (Å²) in [5.74, 6) is -0.254. The van der Waals surface area contributed by atoms with Gasteiger partial charge in [-0.25, -0.2) is 19.2 Å². The van der Waals surface area contributed by atoms with E-state index in [0.29, 0.717) is 59.1 Å². The van der Waals surface area contributed by atoms with Crippen LogP contribution >= 0.6 is 0 Å². The lowest BCUT2D eigenvalue weighted by atomic mass is 10.1. The molecule has 0 radical (unpaired) electrons. The topological polar surface area (TPSA) is 122 Å². The number of anilines is 1. The lowest BCUT2D eigenvalue weighted by Crippen LogP contribution is -2.13. The van der Waals surface area contributed by atoms with Gasteiger partial charge < -0.3 is 24.5 Å². The fraction of sp³-hybridized carbons (Fsp3) is 0.200. The monoisotopic (exact) mass is 475 g/mol. The molecule has 0 amide bonds. The van der Waals surface area contributed by atoms with Gasteiger partial charge in [0.15, 0.2) is 0 Å². The number of hydrogen-bond acceptors (Lipinski definition) is 7. The second-order valence-corrected chi connectivity index (χ2v) is 7.47. The first-order valence-electron chi connectivity index (χ1n) is 10.8. The highest BCUT2D eigenvalue weighted by atomic mass is 19.1. The molecule has 0 fully saturated rings. The number of carbonyl (C=O) groups is 1. The Morgan fingerprint density at radius 1 is 1.20 bits per heavy atom. The van der Waals surface area contributed by atoms with Gasteiger partial charge in [0.1, 0.15) is 46.8 Å². The second kappa shape index (κ2) is 10.1. The Hall–Kier alpha value is -4.65. The normalized spacial score (nSPS) is 10.7. The van der Waals surface area contributed by atoms with Crippen molar-refractivity contribution in [3.05, 3.63) is 65.9 Å². The van der Waals surface area contributed by atoms with Crippen LogP contribution in [0.4, 0.5) is 10.2 Å². The minimum Gasteiger partial charge on any atom is -0.496 e. The lowest BCUT2D eigenvalue weighted by Gasteiger charge is -2.12. The van der Waals surface area contributed by atoms with Gasteiger partial charge in [0.05, 0.1) is 24.9 Å². The molecule has 0 saturated heterocycles. The van der Waals surface area contributed by atoms with Gasteiger partial charge in [-0.2, -0.15) is 5.26 Å². The van der Waals surface area contributed by atoms with Crippen molar-refractivity contribution in [3.8, 4) is 28.8 Å². The first-order valence-corrected chi connectivity index (χ1v) is 10.8. The Morgan fingerprint density at radius 2 is 2.03 bits per heavy atom. The van der Waals surface area contributed by atoms with Crippen LogP contribution in [-0.2, 0) is 6.54 Å². The fourth-order valence-corrected chi connectivity index (χ4v) is 3.86. The molecule has 0 saturated carbocycles. The van der Waals surface area contributed by atoms with Crippen molar-refractivity contribution in [1.82, 2.24) is 14.5 Å². The number of ether oxygens (including phenoxy) is 2. The molecule has 0 unspecified atom stereocenters. The summed E-state index contributed by atoms with van der Waals surface area (Å²) in [5, 5.41) is 22.6. The quantitative estimate of drug-likeness (QED) is 0.367. The van der Waals surface area contributed by atoms with Gasteiger partial charge in [0.2, 0.25) is 0 Å². The Balaban J connectivity index is 1.56. The Labute approximate surface area is 200 Å². The molecule has 35 heavy (non-hydrogen) atoms. The van der Waals surface area contributed by atoms with Gasteiger partial charge in [0, 0.05) is 30.1 Å². The second-order valence-electron chi connectivity index (χ2n) is 7.47. The minimum atomic E-state index is -1.08. The van der Waals surface area contributed by atoms with Crippen molar-refractivity contribution < 1.29 is 23.8 Å². The third kappa shape index (κ3) is 4.70. The molecule has 0 aliphatic rings. The lowest BCUT2D eigenvalue weighted by molar-refractivity contribution is 0.0692. The van der Waals surface area contributed by atoms with Crippen molar-refractivity contribution in [2.75, 3.05) is 25.6 Å². The zero-order chi connectivity index (χ0) is 24.9. The van der Waals surface area contributed by atoms with Crippen LogP contribution in [0.15, 0.2) is 48.8 Å². The molecule has 4 aromatic rings. The van der Waals surface area contributed by atoms with Crippen LogP contribution in [-0.4, -0.2) is 45.9 Å². The number of carboxylic acids is 1. The molecule has 2 heterocycles. The van der Waals surface area contributed by atoms with Crippen molar-refractivity contribution in [3.63, 3.8) is 0 Å². The number of fused-ring (bicyclic) bond motifs is 1. The number of aromatic nitrogens is 3. The largest absolute Gasteiger partial charge is 0.496 e. The van der Waals surface area contributed by atoms with E-state index in [1.807, 2.05) is 0 Å². The Kier molecular flexibility index (Phi) is 6.78. The number of rotatable bonds is 9. The predicted molar refractivity (Wildman–Crippen MR) is 127 cm³/mol. The summed E-state index contributed by atoms with van der Waals surface area (Å²) in [6.07, 6.45) is 1.39. The first kappa shape index (κ1) is 23.5. The molecule has 10 heteroatoms. The van der Waals surface area contributed by atoms with Gasteiger partial charge in [0.25, 0.3) is 0 Å². The van der Waals surface area contributed by atoms with E-state index in [4.69, 9.17) is 9.47 Å². The number of methoxy groups -OCH3 is 1. The summed E-state index contributed by atoms with van der Waals surface area (Å²) in [4.78, 5) is 19.9. The highest BCUT2D eigenvalue weighted by Crippen LogP contribution is 2.31. The van der Waals surface area contributed by atoms with E-state index in [0.717, 1.165) is 0 Å². The molecule has 0 aliphatic heterocycles. The van der Waals surface area contributed by atoms with Gasteiger partial charge in [-0.05, 0) is 37.3 Å². The molecule has 0 bridgehead atoms. The average Bonchev–Trinajstić information content (AvgIpc) is 3.24. The van der Waals surface area contributed by atoms with Gasteiger partial charge in [-0.3, -0.25) is 0 Å². The first-order chi connectivity index (χ1) is 17.0. The van der Waals surface area contributed by atoms with Crippen LogP contribution in [0, 0.1) is 17.1 Å². The summed E-state index contributed by atoms with van der Waals surface area (Å²) in [6.45, 7) is 2.76. The summed E-state index contributed by atoms with van der Waals surface area (Å²) >= 11 is 0. The number of halogens is 1. The van der Waals surface area contributed by atoms with Crippen LogP contribution in [0.25, 0.3) is 22.2 Å². The molecule has 2 aromatic heterocycles. The highest BCUT2D eigenvalue weighted by Gasteiger charge is 2.17. The minimum absolute atomic E-state index is 0.0686. The Bertz CT molecular complexity index is 1440. The maximum absolute atomic E-state index is 14.6. The van der Waals surface area contributed by atoms with Crippen LogP contribution < -0.4 is 14.8 Å². The maximum Gasteiger partial charge on any atom is 0.339 e. The zero-order valence-corrected chi connectivity index (χ0v) is 19.1. The fourth-order valence-electron chi connectivity index (χ4n) is 3.86. The molecule has 178 valence electrons. The van der Waals surface area contributed by atoms with Crippen molar-refractivity contribution in [1.29, 1.82) is 5.26 Å². The number of carboxylic acid groups (broad SMARTS) is 1. The summed E-state index contributed by atoms with van der Waals surface area (Å²) < 4.78 is 27.0. The van der Waals surface area contributed by atoms with E-state index < -0.39 is 11.8 Å². The molecular formula is C25H22FN5O4. The number of hydrogen-bond donors (Lipinski definition) is 2. The number of nitrogens with zero attached hydrogens (tertiary/aromatic N) is 4. The van der Waals surface area contributed by atoms with Crippen LogP contribution in [0.1, 0.15) is 23.0 Å². The molecule has 2 N–H and O–H groups in total. The molecule has 0 aliphatic carbocycles. The summed E-state index contributed by atoms with van der Waals surface area (Å²) in [5.41, 5.74) is 1.92. The molecular weight excluding hydrogens is 453 g/mol. The smallest absolute Gasteiger partial charge is 0.339 e. The van der Waals surface area contributed by atoms with Crippen molar-refractivity contribution in [2.45, 2.75) is 13.5 Å². The van der Waals surface area contributed by atoms with Crippen LogP contribution in [0.2, 0.25) is 0 Å². The summed E-state index contributed by atoms with van der Waals surface area (Å²) in [6, 6.07) is 13.0. The number of aromatic carboxylic acids is 1. The number of nitriles is 1.